The summed E-state index contributed by atoms with van der Waals surface area (Å²) in [5, 5.41) is 8.96. The molecule has 0 aliphatic carbocycles. The Morgan fingerprint density at radius 1 is 1.50 bits per heavy atom. The van der Waals surface area contributed by atoms with E-state index < -0.39 is 5.97 Å². The Morgan fingerprint density at radius 2 is 2.25 bits per heavy atom. The molecule has 1 aromatic heterocycles. The van der Waals surface area contributed by atoms with Crippen LogP contribution >= 0.6 is 0 Å². The number of nitrogens with zero attached hydrogens (tertiary/aromatic N) is 3. The van der Waals surface area contributed by atoms with Crippen LogP contribution < -0.4 is 0 Å². The molecule has 0 bridgehead atoms. The maximum atomic E-state index is 10.9. The number of aromatic nitrogens is 2. The minimum Gasteiger partial charge on any atom is -0.481 e. The van der Waals surface area contributed by atoms with E-state index in [1.165, 1.54) is 0 Å². The van der Waals surface area contributed by atoms with Gasteiger partial charge in [-0.05, 0) is 25.5 Å². The highest BCUT2D eigenvalue weighted by molar-refractivity contribution is 5.70. The van der Waals surface area contributed by atoms with Crippen LogP contribution in [0.4, 0.5) is 0 Å². The van der Waals surface area contributed by atoms with Gasteiger partial charge in [-0.15, -0.1) is 0 Å². The Balaban J connectivity index is 1.93. The van der Waals surface area contributed by atoms with Gasteiger partial charge in [0.2, 0.25) is 0 Å². The summed E-state index contributed by atoms with van der Waals surface area (Å²) in [6, 6.07) is 1.78. The number of likely N-dealkylation sites (tertiary alicyclic amines) is 1. The minimum absolute atomic E-state index is 0.238. The summed E-state index contributed by atoms with van der Waals surface area (Å²) in [4.78, 5) is 21.3. The molecular formula is C11H15N3O2. The number of hydrogen-bond donors (Lipinski definition) is 1. The third-order valence-corrected chi connectivity index (χ3v) is 2.84. The van der Waals surface area contributed by atoms with E-state index in [9.17, 15) is 4.79 Å². The van der Waals surface area contributed by atoms with Gasteiger partial charge in [0.15, 0.2) is 0 Å². The lowest BCUT2D eigenvalue weighted by Crippen LogP contribution is -2.38. The van der Waals surface area contributed by atoms with Gasteiger partial charge in [0.25, 0.3) is 0 Å². The van der Waals surface area contributed by atoms with Crippen molar-refractivity contribution in [3.63, 3.8) is 0 Å². The van der Waals surface area contributed by atoms with Crippen molar-refractivity contribution in [3.8, 4) is 0 Å². The smallest absolute Gasteiger partial charge is 0.307 e. The standard InChI is InChI=1S/C11H15N3O2/c15-11(16)9-3-1-6-14(7-9)8-10-12-4-2-5-13-10/h2,4-5,9H,1,3,6-8H2,(H,15,16). The van der Waals surface area contributed by atoms with Crippen LogP contribution in [0.5, 0.6) is 0 Å². The zero-order valence-electron chi connectivity index (χ0n) is 9.04. The van der Waals surface area contributed by atoms with Crippen molar-refractivity contribution >= 4 is 5.97 Å². The summed E-state index contributed by atoms with van der Waals surface area (Å²) in [6.45, 7) is 2.18. The van der Waals surface area contributed by atoms with E-state index in [2.05, 4.69) is 14.9 Å². The number of hydrogen-bond acceptors (Lipinski definition) is 4. The first-order chi connectivity index (χ1) is 7.75. The van der Waals surface area contributed by atoms with Crippen molar-refractivity contribution in [2.75, 3.05) is 13.1 Å². The number of piperidine rings is 1. The quantitative estimate of drug-likeness (QED) is 0.816. The SMILES string of the molecule is O=C(O)C1CCCN(Cc2ncccn2)C1. The molecule has 1 aliphatic heterocycles. The average molecular weight is 221 g/mol. The molecule has 2 rings (SSSR count). The highest BCUT2D eigenvalue weighted by Crippen LogP contribution is 2.17. The molecule has 1 aliphatic rings. The molecule has 0 radical (unpaired) electrons. The van der Waals surface area contributed by atoms with Crippen LogP contribution in [0.1, 0.15) is 18.7 Å². The van der Waals surface area contributed by atoms with Crippen LogP contribution in [-0.2, 0) is 11.3 Å². The molecule has 5 nitrogen and oxygen atoms in total. The van der Waals surface area contributed by atoms with Gasteiger partial charge in [0.1, 0.15) is 5.82 Å². The van der Waals surface area contributed by atoms with Crippen LogP contribution in [0.15, 0.2) is 18.5 Å². The maximum absolute atomic E-state index is 10.9. The van der Waals surface area contributed by atoms with Crippen molar-refractivity contribution in [2.45, 2.75) is 19.4 Å². The lowest BCUT2D eigenvalue weighted by atomic mass is 9.98. The second-order valence-corrected chi connectivity index (χ2v) is 4.08. The van der Waals surface area contributed by atoms with Crippen LogP contribution in [0.25, 0.3) is 0 Å². The lowest BCUT2D eigenvalue weighted by molar-refractivity contribution is -0.143. The van der Waals surface area contributed by atoms with Gasteiger partial charge in [0, 0.05) is 18.9 Å². The van der Waals surface area contributed by atoms with Gasteiger partial charge in [-0.2, -0.15) is 0 Å². The zero-order chi connectivity index (χ0) is 11.4. The predicted molar refractivity (Wildman–Crippen MR) is 57.7 cm³/mol. The highest BCUT2D eigenvalue weighted by Gasteiger charge is 2.25. The van der Waals surface area contributed by atoms with Crippen LogP contribution in [-0.4, -0.2) is 39.0 Å². The third kappa shape index (κ3) is 2.76. The van der Waals surface area contributed by atoms with Crippen molar-refractivity contribution in [2.24, 2.45) is 5.92 Å². The molecule has 0 spiro atoms. The summed E-state index contributed by atoms with van der Waals surface area (Å²) in [5.41, 5.74) is 0. The predicted octanol–water partition coefficient (Wildman–Crippen LogP) is 0.773. The second kappa shape index (κ2) is 5.03. The van der Waals surface area contributed by atoms with Crippen LogP contribution in [0.3, 0.4) is 0 Å². The van der Waals surface area contributed by atoms with E-state index in [0.29, 0.717) is 13.1 Å². The molecule has 1 atom stereocenters. The first-order valence-corrected chi connectivity index (χ1v) is 5.47. The van der Waals surface area contributed by atoms with Crippen molar-refractivity contribution in [1.82, 2.24) is 14.9 Å². The topological polar surface area (TPSA) is 66.3 Å². The summed E-state index contributed by atoms with van der Waals surface area (Å²) in [6.07, 6.45) is 5.13. The van der Waals surface area contributed by atoms with Gasteiger partial charge >= 0.3 is 5.97 Å². The van der Waals surface area contributed by atoms with E-state index in [1.54, 1.807) is 18.5 Å². The molecule has 5 heteroatoms. The molecule has 1 fully saturated rings. The van der Waals surface area contributed by atoms with Crippen molar-refractivity contribution < 1.29 is 9.90 Å². The molecule has 1 aromatic rings. The van der Waals surface area contributed by atoms with E-state index in [0.717, 1.165) is 25.2 Å². The Hall–Kier alpha value is -1.49. The molecular weight excluding hydrogens is 206 g/mol. The lowest BCUT2D eigenvalue weighted by Gasteiger charge is -2.29. The molecule has 0 aromatic carbocycles. The average Bonchev–Trinajstić information content (AvgIpc) is 2.30. The molecule has 1 saturated heterocycles. The molecule has 2 heterocycles. The van der Waals surface area contributed by atoms with Gasteiger partial charge in [0.05, 0.1) is 12.5 Å². The van der Waals surface area contributed by atoms with Gasteiger partial charge in [-0.25, -0.2) is 9.97 Å². The van der Waals surface area contributed by atoms with Crippen LogP contribution in [0, 0.1) is 5.92 Å². The Labute approximate surface area is 94.1 Å². The van der Waals surface area contributed by atoms with Crippen molar-refractivity contribution in [3.05, 3.63) is 24.3 Å². The maximum Gasteiger partial charge on any atom is 0.307 e. The number of rotatable bonds is 3. The monoisotopic (exact) mass is 221 g/mol. The Morgan fingerprint density at radius 3 is 2.94 bits per heavy atom. The number of carbonyl (C=O) groups is 1. The fourth-order valence-electron chi connectivity index (χ4n) is 2.01. The first kappa shape index (κ1) is 11.0. The van der Waals surface area contributed by atoms with E-state index in [1.807, 2.05) is 0 Å². The molecule has 1 N–H and O–H groups in total. The van der Waals surface area contributed by atoms with E-state index >= 15 is 0 Å². The van der Waals surface area contributed by atoms with Gasteiger partial charge < -0.3 is 5.11 Å². The second-order valence-electron chi connectivity index (χ2n) is 4.08. The summed E-state index contributed by atoms with van der Waals surface area (Å²) >= 11 is 0. The van der Waals surface area contributed by atoms with Crippen molar-refractivity contribution in [1.29, 1.82) is 0 Å². The fraction of sp³-hybridized carbons (Fsp3) is 0.545. The molecule has 0 saturated carbocycles. The fourth-order valence-corrected chi connectivity index (χ4v) is 2.01. The Kier molecular flexibility index (Phi) is 3.46. The molecule has 0 amide bonds. The third-order valence-electron chi connectivity index (χ3n) is 2.84. The Bertz CT molecular complexity index is 356. The van der Waals surface area contributed by atoms with Gasteiger partial charge in [-0.3, -0.25) is 9.69 Å². The number of carboxylic acid groups (broad SMARTS) is 1. The summed E-state index contributed by atoms with van der Waals surface area (Å²) in [5.74, 6) is -0.176. The number of aliphatic carboxylic acids is 1. The largest absolute Gasteiger partial charge is 0.481 e. The summed E-state index contributed by atoms with van der Waals surface area (Å²) in [7, 11) is 0. The molecule has 86 valence electrons. The summed E-state index contributed by atoms with van der Waals surface area (Å²) < 4.78 is 0. The van der Waals surface area contributed by atoms with E-state index in [-0.39, 0.29) is 5.92 Å². The van der Waals surface area contributed by atoms with Gasteiger partial charge in [-0.1, -0.05) is 0 Å². The normalized spacial score (nSPS) is 21.9. The zero-order valence-corrected chi connectivity index (χ0v) is 9.04. The highest BCUT2D eigenvalue weighted by atomic mass is 16.4. The number of carboxylic acids is 1. The van der Waals surface area contributed by atoms with Crippen LogP contribution in [0.2, 0.25) is 0 Å². The molecule has 16 heavy (non-hydrogen) atoms. The minimum atomic E-state index is -0.696. The first-order valence-electron chi connectivity index (χ1n) is 5.47. The van der Waals surface area contributed by atoms with E-state index in [4.69, 9.17) is 5.11 Å². The molecule has 1 unspecified atom stereocenters.